The van der Waals surface area contributed by atoms with E-state index in [9.17, 15) is 0 Å². The van der Waals surface area contributed by atoms with Gasteiger partial charge in [0.05, 0.1) is 31.2 Å². The summed E-state index contributed by atoms with van der Waals surface area (Å²) < 4.78 is 2.69. The van der Waals surface area contributed by atoms with Gasteiger partial charge < -0.3 is 10.2 Å². The lowest BCUT2D eigenvalue weighted by Gasteiger charge is -2.17. The van der Waals surface area contributed by atoms with E-state index >= 15 is 0 Å². The van der Waals surface area contributed by atoms with E-state index in [-0.39, 0.29) is 0 Å². The summed E-state index contributed by atoms with van der Waals surface area (Å²) in [5, 5.41) is 8.64. The molecule has 0 aliphatic carbocycles. The minimum atomic E-state index is 0.680. The minimum absolute atomic E-state index is 0.680. The smallest absolute Gasteiger partial charge is 0.113 e. The van der Waals surface area contributed by atoms with Crippen molar-refractivity contribution in [1.82, 2.24) is 19.7 Å². The summed E-state index contributed by atoms with van der Waals surface area (Å²) >= 11 is 7.34. The number of hydrogen-bond acceptors (Lipinski definition) is 5. The maximum Gasteiger partial charge on any atom is 0.113 e. The van der Waals surface area contributed by atoms with Crippen LogP contribution in [0.4, 0.5) is 5.69 Å². The van der Waals surface area contributed by atoms with Crippen LogP contribution in [0.25, 0.3) is 0 Å². The van der Waals surface area contributed by atoms with Crippen molar-refractivity contribution < 1.29 is 0 Å². The Morgan fingerprint density at radius 1 is 1.35 bits per heavy atom. The number of thiazole rings is 1. The van der Waals surface area contributed by atoms with E-state index < -0.39 is 0 Å². The van der Waals surface area contributed by atoms with E-state index in [1.807, 2.05) is 17.1 Å². The number of aromatic nitrogens is 3. The number of nitrogens with one attached hydrogen (secondary N) is 1. The summed E-state index contributed by atoms with van der Waals surface area (Å²) in [6.45, 7) is 9.13. The molecule has 0 spiro atoms. The molecule has 0 radical (unpaired) electrons. The topological polar surface area (TPSA) is 46.0 Å². The summed E-state index contributed by atoms with van der Waals surface area (Å²) in [6, 6.07) is 0. The van der Waals surface area contributed by atoms with Crippen LogP contribution >= 0.6 is 22.9 Å². The largest absolute Gasteiger partial charge is 0.376 e. The predicted octanol–water partition coefficient (Wildman–Crippen LogP) is 2.95. The summed E-state index contributed by atoms with van der Waals surface area (Å²) in [4.78, 5) is 6.59. The van der Waals surface area contributed by atoms with Crippen LogP contribution < -0.4 is 5.32 Å². The van der Waals surface area contributed by atoms with Crippen LogP contribution in [0.15, 0.2) is 18.6 Å². The standard InChI is InChI=1S/C13H20ClN5S/c1-3-18(4-2)5-6-19-10-11(7-17-19)15-9-13-16-8-12(14)20-13/h7-8,10,15H,3-6,9H2,1-2H3. The molecule has 0 amide bonds. The molecule has 2 rings (SSSR count). The first kappa shape index (κ1) is 15.3. The molecule has 0 saturated carbocycles. The van der Waals surface area contributed by atoms with Crippen molar-refractivity contribution in [2.45, 2.75) is 26.9 Å². The zero-order chi connectivity index (χ0) is 14.4. The lowest BCUT2D eigenvalue weighted by atomic mass is 10.4. The first-order valence-electron chi connectivity index (χ1n) is 6.80. The minimum Gasteiger partial charge on any atom is -0.376 e. The third-order valence-corrected chi connectivity index (χ3v) is 4.26. The molecule has 1 N–H and O–H groups in total. The normalized spacial score (nSPS) is 11.2. The zero-order valence-corrected chi connectivity index (χ0v) is 13.4. The van der Waals surface area contributed by atoms with Crippen LogP contribution in [0.5, 0.6) is 0 Å². The van der Waals surface area contributed by atoms with Gasteiger partial charge in [0.1, 0.15) is 9.34 Å². The highest BCUT2D eigenvalue weighted by Gasteiger charge is 2.03. The number of likely N-dealkylation sites (N-methyl/N-ethyl adjacent to an activating group) is 1. The van der Waals surface area contributed by atoms with Crippen LogP contribution in [0.2, 0.25) is 4.34 Å². The zero-order valence-electron chi connectivity index (χ0n) is 11.8. The Labute approximate surface area is 128 Å². The van der Waals surface area contributed by atoms with Crippen molar-refractivity contribution in [3.05, 3.63) is 27.9 Å². The Kier molecular flexibility index (Phi) is 5.82. The highest BCUT2D eigenvalue weighted by Crippen LogP contribution is 2.19. The molecule has 2 aromatic rings. The average Bonchev–Trinajstić information content (AvgIpc) is 3.07. The Morgan fingerprint density at radius 3 is 2.80 bits per heavy atom. The molecule has 0 saturated heterocycles. The molecular formula is C13H20ClN5S. The fourth-order valence-electron chi connectivity index (χ4n) is 1.91. The summed E-state index contributed by atoms with van der Waals surface area (Å²) in [7, 11) is 0. The van der Waals surface area contributed by atoms with Crippen molar-refractivity contribution in [3.8, 4) is 0 Å². The van der Waals surface area contributed by atoms with E-state index in [0.717, 1.165) is 41.2 Å². The Balaban J connectivity index is 1.80. The SMILES string of the molecule is CCN(CC)CCn1cc(NCc2ncc(Cl)s2)cn1. The van der Waals surface area contributed by atoms with Gasteiger partial charge >= 0.3 is 0 Å². The molecule has 20 heavy (non-hydrogen) atoms. The maximum absolute atomic E-state index is 5.85. The van der Waals surface area contributed by atoms with E-state index in [4.69, 9.17) is 11.6 Å². The van der Waals surface area contributed by atoms with Gasteiger partial charge in [-0.3, -0.25) is 4.68 Å². The molecule has 0 fully saturated rings. The van der Waals surface area contributed by atoms with Crippen LogP contribution in [0.1, 0.15) is 18.9 Å². The van der Waals surface area contributed by atoms with Crippen LogP contribution in [0.3, 0.4) is 0 Å². The van der Waals surface area contributed by atoms with E-state index in [2.05, 4.69) is 34.1 Å². The number of hydrogen-bond donors (Lipinski definition) is 1. The Hall–Kier alpha value is -1.11. The van der Waals surface area contributed by atoms with Crippen molar-refractivity contribution in [3.63, 3.8) is 0 Å². The first-order chi connectivity index (χ1) is 9.71. The van der Waals surface area contributed by atoms with Crippen LogP contribution in [0, 0.1) is 0 Å². The van der Waals surface area contributed by atoms with Gasteiger partial charge in [0.15, 0.2) is 0 Å². The van der Waals surface area contributed by atoms with Gasteiger partial charge in [-0.1, -0.05) is 25.4 Å². The van der Waals surface area contributed by atoms with Gasteiger partial charge in [0.25, 0.3) is 0 Å². The second-order valence-electron chi connectivity index (χ2n) is 4.43. The molecule has 2 heterocycles. The van der Waals surface area contributed by atoms with Crippen molar-refractivity contribution in [2.75, 3.05) is 25.0 Å². The van der Waals surface area contributed by atoms with Gasteiger partial charge in [-0.15, -0.1) is 11.3 Å². The third-order valence-electron chi connectivity index (χ3n) is 3.14. The molecule has 0 unspecified atom stereocenters. The molecule has 2 aromatic heterocycles. The molecule has 7 heteroatoms. The van der Waals surface area contributed by atoms with E-state index in [1.54, 1.807) is 6.20 Å². The van der Waals surface area contributed by atoms with Gasteiger partial charge in [0.2, 0.25) is 0 Å². The number of nitrogens with zero attached hydrogens (tertiary/aromatic N) is 4. The second kappa shape index (κ2) is 7.61. The second-order valence-corrected chi connectivity index (χ2v) is 6.18. The predicted molar refractivity (Wildman–Crippen MR) is 84.5 cm³/mol. The molecule has 0 bridgehead atoms. The van der Waals surface area contributed by atoms with Crippen LogP contribution in [-0.2, 0) is 13.1 Å². The molecular weight excluding hydrogens is 294 g/mol. The molecule has 0 aromatic carbocycles. The molecule has 0 aliphatic rings. The van der Waals surface area contributed by atoms with Gasteiger partial charge in [0, 0.05) is 12.7 Å². The monoisotopic (exact) mass is 313 g/mol. The maximum atomic E-state index is 5.85. The van der Waals surface area contributed by atoms with Crippen molar-refractivity contribution in [1.29, 1.82) is 0 Å². The van der Waals surface area contributed by atoms with Crippen molar-refractivity contribution >= 4 is 28.6 Å². The fourth-order valence-corrected chi connectivity index (χ4v) is 2.80. The molecule has 0 aliphatic heterocycles. The summed E-state index contributed by atoms with van der Waals surface area (Å²) in [5.74, 6) is 0. The Bertz CT molecular complexity index is 520. The summed E-state index contributed by atoms with van der Waals surface area (Å²) in [5.41, 5.74) is 1.01. The molecule has 5 nitrogen and oxygen atoms in total. The highest BCUT2D eigenvalue weighted by atomic mass is 35.5. The van der Waals surface area contributed by atoms with Gasteiger partial charge in [-0.25, -0.2) is 4.98 Å². The molecule has 110 valence electrons. The highest BCUT2D eigenvalue weighted by molar-refractivity contribution is 7.15. The number of rotatable bonds is 8. The number of halogens is 1. The molecule has 0 atom stereocenters. The lowest BCUT2D eigenvalue weighted by Crippen LogP contribution is -2.27. The quantitative estimate of drug-likeness (QED) is 0.814. The Morgan fingerprint density at radius 2 is 2.15 bits per heavy atom. The lowest BCUT2D eigenvalue weighted by molar-refractivity contribution is 0.285. The summed E-state index contributed by atoms with van der Waals surface area (Å²) in [6.07, 6.45) is 5.55. The van der Waals surface area contributed by atoms with Gasteiger partial charge in [-0.05, 0) is 13.1 Å². The first-order valence-corrected chi connectivity index (χ1v) is 7.99. The van der Waals surface area contributed by atoms with Gasteiger partial charge in [-0.2, -0.15) is 5.10 Å². The van der Waals surface area contributed by atoms with Crippen molar-refractivity contribution in [2.24, 2.45) is 0 Å². The fraction of sp³-hybridized carbons (Fsp3) is 0.538. The average molecular weight is 314 g/mol. The van der Waals surface area contributed by atoms with Crippen LogP contribution in [-0.4, -0.2) is 39.3 Å². The van der Waals surface area contributed by atoms with E-state index in [0.29, 0.717) is 6.54 Å². The van der Waals surface area contributed by atoms with E-state index in [1.165, 1.54) is 11.3 Å². The third kappa shape index (κ3) is 4.47. The number of anilines is 1.